The average molecular weight is 446 g/mol. The summed E-state index contributed by atoms with van der Waals surface area (Å²) in [4.78, 5) is 40.5. The van der Waals surface area contributed by atoms with E-state index in [-0.39, 0.29) is 43.0 Å². The summed E-state index contributed by atoms with van der Waals surface area (Å²) in [5.74, 6) is -1.76. The standard InChI is InChI=1S/C22H27FN4O5/c1-13-12-32-21-18-14(10-16(23)19(21)26-8-6-25(2)7-9-26)20(30)15(11-27(13)18)22(31)24-5-3-4-17(28)29/h10-11,13H,3-9,12H2,1-2H3,(H,24,31)(H,28,29). The third kappa shape index (κ3) is 4.02. The van der Waals surface area contributed by atoms with Crippen molar-refractivity contribution in [3.63, 3.8) is 0 Å². The van der Waals surface area contributed by atoms with Gasteiger partial charge in [0.05, 0.1) is 16.9 Å². The lowest BCUT2D eigenvalue weighted by Crippen LogP contribution is -2.45. The SMILES string of the molecule is CC1COc2c(N3CCN(C)CC3)c(F)cc3c(=O)c(C(=O)NCCCC(=O)O)cn1c23. The van der Waals surface area contributed by atoms with Crippen molar-refractivity contribution >= 4 is 28.5 Å². The molecule has 1 saturated heterocycles. The van der Waals surface area contributed by atoms with Crippen LogP contribution in [0.15, 0.2) is 17.1 Å². The van der Waals surface area contributed by atoms with Crippen LogP contribution in [0.4, 0.5) is 10.1 Å². The number of carbonyl (C=O) groups excluding carboxylic acids is 1. The fraction of sp³-hybridized carbons (Fsp3) is 0.500. The molecule has 10 heteroatoms. The molecule has 0 saturated carbocycles. The highest BCUT2D eigenvalue weighted by Gasteiger charge is 2.31. The number of benzene rings is 1. The van der Waals surface area contributed by atoms with Crippen molar-refractivity contribution < 1.29 is 23.8 Å². The molecule has 3 heterocycles. The molecule has 172 valence electrons. The number of likely N-dealkylation sites (N-methyl/N-ethyl adjacent to an activating group) is 1. The Hall–Kier alpha value is -3.14. The minimum absolute atomic E-state index is 0.0831. The number of carboxylic acid groups (broad SMARTS) is 1. The number of pyridine rings is 1. The highest BCUT2D eigenvalue weighted by molar-refractivity contribution is 6.00. The van der Waals surface area contributed by atoms with Gasteiger partial charge in [0, 0.05) is 45.3 Å². The first kappa shape index (κ1) is 22.1. The van der Waals surface area contributed by atoms with Crippen LogP contribution in [0.5, 0.6) is 5.75 Å². The second-order valence-electron chi connectivity index (χ2n) is 8.41. The van der Waals surface area contributed by atoms with Crippen LogP contribution in [0, 0.1) is 5.82 Å². The summed E-state index contributed by atoms with van der Waals surface area (Å²) in [6.07, 6.45) is 1.67. The Morgan fingerprint density at radius 2 is 2.00 bits per heavy atom. The third-order valence-corrected chi connectivity index (χ3v) is 6.06. The number of piperazine rings is 1. The lowest BCUT2D eigenvalue weighted by Gasteiger charge is -2.37. The number of nitrogens with zero attached hydrogens (tertiary/aromatic N) is 3. The summed E-state index contributed by atoms with van der Waals surface area (Å²) >= 11 is 0. The van der Waals surface area contributed by atoms with Gasteiger partial charge in [0.1, 0.15) is 17.9 Å². The number of rotatable bonds is 6. The molecule has 0 aliphatic carbocycles. The maximum Gasteiger partial charge on any atom is 0.303 e. The van der Waals surface area contributed by atoms with Crippen LogP contribution in [0.2, 0.25) is 0 Å². The summed E-state index contributed by atoms with van der Waals surface area (Å²) in [7, 11) is 2.02. The van der Waals surface area contributed by atoms with E-state index in [2.05, 4.69) is 10.2 Å². The topological polar surface area (TPSA) is 104 Å². The molecule has 2 aliphatic rings. The van der Waals surface area contributed by atoms with E-state index in [1.54, 1.807) is 4.57 Å². The predicted octanol–water partition coefficient (Wildman–Crippen LogP) is 1.44. The van der Waals surface area contributed by atoms with Gasteiger partial charge in [-0.15, -0.1) is 0 Å². The highest BCUT2D eigenvalue weighted by Crippen LogP contribution is 2.42. The summed E-state index contributed by atoms with van der Waals surface area (Å²) in [5, 5.41) is 11.4. The minimum Gasteiger partial charge on any atom is -0.487 e. The number of carboxylic acids is 1. The molecule has 0 bridgehead atoms. The maximum atomic E-state index is 15.3. The molecule has 0 spiro atoms. The van der Waals surface area contributed by atoms with Crippen molar-refractivity contribution in [3.05, 3.63) is 33.9 Å². The first-order valence-electron chi connectivity index (χ1n) is 10.8. The first-order chi connectivity index (χ1) is 15.3. The molecular weight excluding hydrogens is 419 g/mol. The molecule has 1 fully saturated rings. The predicted molar refractivity (Wildman–Crippen MR) is 117 cm³/mol. The van der Waals surface area contributed by atoms with Gasteiger partial charge in [0.15, 0.2) is 11.6 Å². The average Bonchev–Trinajstić information content (AvgIpc) is 2.75. The molecule has 1 aromatic heterocycles. The van der Waals surface area contributed by atoms with Gasteiger partial charge in [-0.05, 0) is 26.5 Å². The number of ether oxygens (including phenoxy) is 1. The van der Waals surface area contributed by atoms with Gasteiger partial charge >= 0.3 is 5.97 Å². The first-order valence-corrected chi connectivity index (χ1v) is 10.8. The molecule has 0 radical (unpaired) electrons. The van der Waals surface area contributed by atoms with E-state index in [0.29, 0.717) is 30.0 Å². The number of halogens is 1. The van der Waals surface area contributed by atoms with Crippen molar-refractivity contribution in [1.29, 1.82) is 0 Å². The third-order valence-electron chi connectivity index (χ3n) is 6.06. The Morgan fingerprint density at radius 3 is 2.69 bits per heavy atom. The van der Waals surface area contributed by atoms with Gasteiger partial charge in [-0.3, -0.25) is 14.4 Å². The molecule has 2 aliphatic heterocycles. The number of carbonyl (C=O) groups is 2. The smallest absolute Gasteiger partial charge is 0.303 e. The maximum absolute atomic E-state index is 15.3. The molecule has 2 aromatic rings. The number of hydrogen-bond acceptors (Lipinski definition) is 6. The number of aliphatic carboxylic acids is 1. The molecule has 2 N–H and O–H groups in total. The Labute approximate surface area is 184 Å². The Kier molecular flexibility index (Phi) is 6.05. The molecule has 1 atom stereocenters. The number of anilines is 1. The molecular formula is C22H27FN4O5. The van der Waals surface area contributed by atoms with Gasteiger partial charge in [-0.2, -0.15) is 0 Å². The van der Waals surface area contributed by atoms with E-state index < -0.39 is 23.1 Å². The number of amides is 1. The molecule has 1 unspecified atom stereocenters. The zero-order valence-electron chi connectivity index (χ0n) is 18.2. The van der Waals surface area contributed by atoms with E-state index >= 15 is 4.39 Å². The van der Waals surface area contributed by atoms with Gasteiger partial charge in [0.2, 0.25) is 5.43 Å². The van der Waals surface area contributed by atoms with Gasteiger partial charge < -0.3 is 29.5 Å². The van der Waals surface area contributed by atoms with E-state index in [0.717, 1.165) is 13.1 Å². The number of nitrogens with one attached hydrogen (secondary N) is 1. The largest absolute Gasteiger partial charge is 0.487 e. The van der Waals surface area contributed by atoms with E-state index in [1.165, 1.54) is 12.3 Å². The fourth-order valence-corrected chi connectivity index (χ4v) is 4.23. The lowest BCUT2D eigenvalue weighted by atomic mass is 10.0. The molecule has 9 nitrogen and oxygen atoms in total. The van der Waals surface area contributed by atoms with Crippen molar-refractivity contribution in [1.82, 2.24) is 14.8 Å². The summed E-state index contributed by atoms with van der Waals surface area (Å²) in [6, 6.07) is 1.04. The van der Waals surface area contributed by atoms with Crippen molar-refractivity contribution in [2.24, 2.45) is 0 Å². The van der Waals surface area contributed by atoms with Crippen LogP contribution in [0.25, 0.3) is 10.9 Å². The zero-order valence-corrected chi connectivity index (χ0v) is 18.2. The van der Waals surface area contributed by atoms with Crippen molar-refractivity contribution in [2.75, 3.05) is 51.3 Å². The van der Waals surface area contributed by atoms with E-state index in [9.17, 15) is 14.4 Å². The monoisotopic (exact) mass is 446 g/mol. The van der Waals surface area contributed by atoms with Crippen LogP contribution < -0.4 is 20.4 Å². The van der Waals surface area contributed by atoms with Crippen molar-refractivity contribution in [2.45, 2.75) is 25.8 Å². The van der Waals surface area contributed by atoms with Crippen LogP contribution in [0.3, 0.4) is 0 Å². The molecule has 1 aromatic carbocycles. The second kappa shape index (κ2) is 8.78. The van der Waals surface area contributed by atoms with Gasteiger partial charge in [-0.25, -0.2) is 4.39 Å². The summed E-state index contributed by atoms with van der Waals surface area (Å²) in [6.45, 7) is 5.19. The van der Waals surface area contributed by atoms with Crippen molar-refractivity contribution in [3.8, 4) is 5.75 Å². The molecule has 1 amide bonds. The number of aromatic nitrogens is 1. The van der Waals surface area contributed by atoms with Crippen LogP contribution in [-0.4, -0.2) is 72.8 Å². The molecule has 32 heavy (non-hydrogen) atoms. The van der Waals surface area contributed by atoms with Crippen LogP contribution in [0.1, 0.15) is 36.2 Å². The summed E-state index contributed by atoms with van der Waals surface area (Å²) in [5.41, 5.74) is 0.178. The Balaban J connectivity index is 1.76. The normalized spacial score (nSPS) is 18.5. The molecule has 4 rings (SSSR count). The Bertz CT molecular complexity index is 1120. The Morgan fingerprint density at radius 1 is 1.28 bits per heavy atom. The lowest BCUT2D eigenvalue weighted by molar-refractivity contribution is -0.137. The van der Waals surface area contributed by atoms with E-state index in [4.69, 9.17) is 9.84 Å². The van der Waals surface area contributed by atoms with Gasteiger partial charge in [0.25, 0.3) is 5.91 Å². The van der Waals surface area contributed by atoms with Crippen LogP contribution in [-0.2, 0) is 4.79 Å². The second-order valence-corrected chi connectivity index (χ2v) is 8.41. The summed E-state index contributed by atoms with van der Waals surface area (Å²) < 4.78 is 23.1. The zero-order chi connectivity index (χ0) is 23.0. The minimum atomic E-state index is -0.956. The number of hydrogen-bond donors (Lipinski definition) is 2. The van der Waals surface area contributed by atoms with E-state index in [1.807, 2.05) is 18.9 Å². The van der Waals surface area contributed by atoms with Gasteiger partial charge in [-0.1, -0.05) is 0 Å². The highest BCUT2D eigenvalue weighted by atomic mass is 19.1. The fourth-order valence-electron chi connectivity index (χ4n) is 4.23. The quantitative estimate of drug-likeness (QED) is 0.647. The van der Waals surface area contributed by atoms with Crippen LogP contribution >= 0.6 is 0 Å².